The Morgan fingerprint density at radius 1 is 1.39 bits per heavy atom. The third-order valence-electron chi connectivity index (χ3n) is 3.07. The smallest absolute Gasteiger partial charge is 0.253 e. The van der Waals surface area contributed by atoms with Crippen LogP contribution in [0.4, 0.5) is 0 Å². The maximum atomic E-state index is 12.2. The molecule has 0 aliphatic carbocycles. The van der Waals surface area contributed by atoms with E-state index in [1.54, 1.807) is 4.90 Å². The van der Waals surface area contributed by atoms with E-state index in [1.165, 1.54) is 0 Å². The van der Waals surface area contributed by atoms with Crippen molar-refractivity contribution in [3.8, 4) is 0 Å². The van der Waals surface area contributed by atoms with Gasteiger partial charge in [0, 0.05) is 36.3 Å². The number of aromatic amines is 1. The molecule has 0 fully saturated rings. The number of nitrogens with one attached hydrogen (secondary N) is 2. The lowest BCUT2D eigenvalue weighted by atomic mass is 10.1. The van der Waals surface area contributed by atoms with Crippen molar-refractivity contribution < 1.29 is 4.79 Å². The molecule has 0 saturated heterocycles. The zero-order chi connectivity index (χ0) is 13.0. The van der Waals surface area contributed by atoms with Crippen LogP contribution in [0.3, 0.4) is 0 Å². The van der Waals surface area contributed by atoms with Gasteiger partial charge in [-0.1, -0.05) is 0 Å². The van der Waals surface area contributed by atoms with Crippen molar-refractivity contribution in [3.05, 3.63) is 36.0 Å². The second-order valence-electron chi connectivity index (χ2n) is 4.46. The quantitative estimate of drug-likeness (QED) is 0.790. The fourth-order valence-corrected chi connectivity index (χ4v) is 2.00. The number of amides is 1. The summed E-state index contributed by atoms with van der Waals surface area (Å²) in [5, 5.41) is 4.15. The summed E-state index contributed by atoms with van der Waals surface area (Å²) in [6, 6.07) is 7.73. The normalized spacial score (nSPS) is 10.8. The van der Waals surface area contributed by atoms with E-state index >= 15 is 0 Å². The number of aromatic nitrogens is 1. The van der Waals surface area contributed by atoms with Gasteiger partial charge >= 0.3 is 0 Å². The monoisotopic (exact) mass is 245 g/mol. The van der Waals surface area contributed by atoms with E-state index in [0.29, 0.717) is 0 Å². The molecule has 96 valence electrons. The maximum absolute atomic E-state index is 12.2. The van der Waals surface area contributed by atoms with Crippen LogP contribution in [0.5, 0.6) is 0 Å². The largest absolute Gasteiger partial charge is 0.361 e. The van der Waals surface area contributed by atoms with Gasteiger partial charge in [0.25, 0.3) is 5.91 Å². The Balaban J connectivity index is 2.07. The predicted molar refractivity (Wildman–Crippen MR) is 73.8 cm³/mol. The van der Waals surface area contributed by atoms with E-state index < -0.39 is 0 Å². The van der Waals surface area contributed by atoms with Crippen molar-refractivity contribution in [2.75, 3.05) is 27.2 Å². The number of nitrogens with zero attached hydrogens (tertiary/aromatic N) is 1. The van der Waals surface area contributed by atoms with Crippen LogP contribution in [0.1, 0.15) is 16.8 Å². The summed E-state index contributed by atoms with van der Waals surface area (Å²) in [6.45, 7) is 1.69. The van der Waals surface area contributed by atoms with E-state index in [0.717, 1.165) is 36.0 Å². The zero-order valence-electron chi connectivity index (χ0n) is 10.9. The lowest BCUT2D eigenvalue weighted by Gasteiger charge is -2.17. The van der Waals surface area contributed by atoms with Crippen LogP contribution in [0.25, 0.3) is 10.9 Å². The van der Waals surface area contributed by atoms with E-state index in [1.807, 2.05) is 44.6 Å². The van der Waals surface area contributed by atoms with Crippen molar-refractivity contribution in [1.82, 2.24) is 15.2 Å². The number of H-pyrrole nitrogens is 1. The molecule has 4 heteroatoms. The molecule has 0 saturated carbocycles. The first-order chi connectivity index (χ1) is 8.72. The van der Waals surface area contributed by atoms with Gasteiger partial charge in [-0.15, -0.1) is 0 Å². The molecule has 1 aromatic heterocycles. The van der Waals surface area contributed by atoms with E-state index in [9.17, 15) is 4.79 Å². The highest BCUT2D eigenvalue weighted by Gasteiger charge is 2.11. The molecule has 2 N–H and O–H groups in total. The van der Waals surface area contributed by atoms with Crippen molar-refractivity contribution in [3.63, 3.8) is 0 Å². The third-order valence-corrected chi connectivity index (χ3v) is 3.07. The number of hydrogen-bond acceptors (Lipinski definition) is 2. The van der Waals surface area contributed by atoms with Gasteiger partial charge in [-0.2, -0.15) is 0 Å². The van der Waals surface area contributed by atoms with Crippen molar-refractivity contribution in [1.29, 1.82) is 0 Å². The molecule has 1 heterocycles. The first-order valence-electron chi connectivity index (χ1n) is 6.19. The average Bonchev–Trinajstić information content (AvgIpc) is 2.85. The number of carbonyl (C=O) groups excluding carboxylic acids is 1. The highest BCUT2D eigenvalue weighted by molar-refractivity contribution is 5.97. The highest BCUT2D eigenvalue weighted by Crippen LogP contribution is 2.15. The van der Waals surface area contributed by atoms with Crippen LogP contribution in [-0.2, 0) is 0 Å². The maximum Gasteiger partial charge on any atom is 0.253 e. The second kappa shape index (κ2) is 5.69. The van der Waals surface area contributed by atoms with Gasteiger partial charge in [0.05, 0.1) is 0 Å². The van der Waals surface area contributed by atoms with Crippen LogP contribution in [0.2, 0.25) is 0 Å². The number of benzene rings is 1. The second-order valence-corrected chi connectivity index (χ2v) is 4.46. The molecule has 4 nitrogen and oxygen atoms in total. The fraction of sp³-hybridized carbons (Fsp3) is 0.357. The summed E-state index contributed by atoms with van der Waals surface area (Å²) >= 11 is 0. The van der Waals surface area contributed by atoms with Crippen LogP contribution in [0.15, 0.2) is 30.5 Å². The molecule has 2 rings (SSSR count). The Morgan fingerprint density at radius 2 is 2.22 bits per heavy atom. The van der Waals surface area contributed by atoms with Gasteiger partial charge in [-0.3, -0.25) is 4.79 Å². The Morgan fingerprint density at radius 3 is 3.00 bits per heavy atom. The minimum atomic E-state index is 0.0780. The van der Waals surface area contributed by atoms with Crippen LogP contribution >= 0.6 is 0 Å². The van der Waals surface area contributed by atoms with Crippen LogP contribution in [0, 0.1) is 0 Å². The van der Waals surface area contributed by atoms with Gasteiger partial charge in [0.1, 0.15) is 0 Å². The topological polar surface area (TPSA) is 48.1 Å². The molecule has 0 aliphatic rings. The molecule has 0 radical (unpaired) electrons. The Bertz CT molecular complexity index is 533. The summed E-state index contributed by atoms with van der Waals surface area (Å²) in [5.74, 6) is 0.0780. The molecule has 1 amide bonds. The molecule has 0 aliphatic heterocycles. The summed E-state index contributed by atoms with van der Waals surface area (Å²) in [4.78, 5) is 17.1. The van der Waals surface area contributed by atoms with Gasteiger partial charge < -0.3 is 15.2 Å². The molecular formula is C14H19N3O. The third kappa shape index (κ3) is 2.71. The van der Waals surface area contributed by atoms with Gasteiger partial charge in [-0.05, 0) is 44.3 Å². The number of hydrogen-bond donors (Lipinski definition) is 2. The first-order valence-corrected chi connectivity index (χ1v) is 6.19. The van der Waals surface area contributed by atoms with Gasteiger partial charge in [0.2, 0.25) is 0 Å². The highest BCUT2D eigenvalue weighted by atomic mass is 16.2. The molecule has 0 spiro atoms. The number of rotatable bonds is 5. The summed E-state index contributed by atoms with van der Waals surface area (Å²) in [7, 11) is 3.76. The van der Waals surface area contributed by atoms with E-state index in [4.69, 9.17) is 0 Å². The first kappa shape index (κ1) is 12.6. The molecule has 1 aromatic carbocycles. The molecule has 0 atom stereocenters. The molecule has 2 aromatic rings. The minimum Gasteiger partial charge on any atom is -0.361 e. The van der Waals surface area contributed by atoms with E-state index in [-0.39, 0.29) is 5.91 Å². The van der Waals surface area contributed by atoms with Crippen molar-refractivity contribution in [2.24, 2.45) is 0 Å². The summed E-state index contributed by atoms with van der Waals surface area (Å²) < 4.78 is 0. The fourth-order valence-electron chi connectivity index (χ4n) is 2.00. The standard InChI is InChI=1S/C14H19N3O/c1-15-7-3-9-17(2)14(18)12-4-5-13-11(10-12)6-8-16-13/h4-6,8,10,15-16H,3,7,9H2,1-2H3. The number of fused-ring (bicyclic) bond motifs is 1. The average molecular weight is 245 g/mol. The van der Waals surface area contributed by atoms with Gasteiger partial charge in [-0.25, -0.2) is 0 Å². The Hall–Kier alpha value is -1.81. The molecular weight excluding hydrogens is 226 g/mol. The van der Waals surface area contributed by atoms with Crippen molar-refractivity contribution in [2.45, 2.75) is 6.42 Å². The SMILES string of the molecule is CNCCCN(C)C(=O)c1ccc2[nH]ccc2c1. The Kier molecular flexibility index (Phi) is 3.99. The zero-order valence-corrected chi connectivity index (χ0v) is 10.9. The number of carbonyl (C=O) groups is 1. The van der Waals surface area contributed by atoms with E-state index in [2.05, 4.69) is 10.3 Å². The summed E-state index contributed by atoms with van der Waals surface area (Å²) in [5.41, 5.74) is 1.80. The molecule has 0 unspecified atom stereocenters. The van der Waals surface area contributed by atoms with Gasteiger partial charge in [0.15, 0.2) is 0 Å². The molecule has 0 bridgehead atoms. The lowest BCUT2D eigenvalue weighted by Crippen LogP contribution is -2.29. The minimum absolute atomic E-state index is 0.0780. The van der Waals surface area contributed by atoms with Crippen LogP contribution < -0.4 is 5.32 Å². The lowest BCUT2D eigenvalue weighted by molar-refractivity contribution is 0.0794. The Labute approximate surface area is 107 Å². The van der Waals surface area contributed by atoms with Crippen molar-refractivity contribution >= 4 is 16.8 Å². The van der Waals surface area contributed by atoms with Crippen LogP contribution in [-0.4, -0.2) is 43.0 Å². The summed E-state index contributed by atoms with van der Waals surface area (Å²) in [6.07, 6.45) is 2.85. The predicted octanol–water partition coefficient (Wildman–Crippen LogP) is 1.85. The molecule has 18 heavy (non-hydrogen) atoms.